The highest BCUT2D eigenvalue weighted by atomic mass is 79.9. The van der Waals surface area contributed by atoms with E-state index in [2.05, 4.69) is 20.7 Å². The third kappa shape index (κ3) is 4.06. The Morgan fingerprint density at radius 1 is 0.786 bits per heavy atom. The summed E-state index contributed by atoms with van der Waals surface area (Å²) in [4.78, 5) is -2.45. The van der Waals surface area contributed by atoms with Gasteiger partial charge in [-0.2, -0.15) is 22.0 Å². The van der Waals surface area contributed by atoms with Crippen LogP contribution in [0.2, 0.25) is 0 Å². The molecular formula is C14H4BrF9O3S. The van der Waals surface area contributed by atoms with Crippen LogP contribution >= 0.6 is 15.9 Å². The van der Waals surface area contributed by atoms with Gasteiger partial charge in [0.25, 0.3) is 9.84 Å². The van der Waals surface area contributed by atoms with Crippen molar-refractivity contribution in [2.24, 2.45) is 0 Å². The summed E-state index contributed by atoms with van der Waals surface area (Å²) in [5.74, 6) is -9.95. The molecule has 0 N–H and O–H groups in total. The van der Waals surface area contributed by atoms with Gasteiger partial charge in [0.05, 0.1) is 0 Å². The molecule has 0 radical (unpaired) electrons. The quantitative estimate of drug-likeness (QED) is 0.524. The molecule has 0 bridgehead atoms. The van der Waals surface area contributed by atoms with Crippen LogP contribution in [-0.4, -0.2) is 13.9 Å². The number of hydrogen-bond acceptors (Lipinski definition) is 3. The van der Waals surface area contributed by atoms with Gasteiger partial charge in [-0.3, -0.25) is 0 Å². The number of benzene rings is 2. The van der Waals surface area contributed by atoms with Crippen molar-refractivity contribution in [3.63, 3.8) is 0 Å². The Morgan fingerprint density at radius 2 is 1.21 bits per heavy atom. The molecule has 0 saturated heterocycles. The number of rotatable bonds is 4. The van der Waals surface area contributed by atoms with Crippen molar-refractivity contribution in [3.05, 3.63) is 57.6 Å². The summed E-state index contributed by atoms with van der Waals surface area (Å²) < 4.78 is 146. The third-order valence-electron chi connectivity index (χ3n) is 3.09. The van der Waals surface area contributed by atoms with Crippen molar-refractivity contribution in [2.75, 3.05) is 0 Å². The predicted molar refractivity (Wildman–Crippen MR) is 78.2 cm³/mol. The van der Waals surface area contributed by atoms with Crippen molar-refractivity contribution in [1.82, 2.24) is 0 Å². The van der Waals surface area contributed by atoms with E-state index >= 15 is 0 Å². The second-order valence-corrected chi connectivity index (χ2v) is 7.82. The van der Waals surface area contributed by atoms with Gasteiger partial charge in [-0.15, -0.1) is 0 Å². The van der Waals surface area contributed by atoms with Crippen LogP contribution in [0.25, 0.3) is 0 Å². The molecule has 154 valence electrons. The molecule has 28 heavy (non-hydrogen) atoms. The summed E-state index contributed by atoms with van der Waals surface area (Å²) >= 11 is 2.63. The van der Waals surface area contributed by atoms with Crippen LogP contribution in [0.4, 0.5) is 39.5 Å². The van der Waals surface area contributed by atoms with E-state index < -0.39 is 60.9 Å². The Morgan fingerprint density at radius 3 is 1.61 bits per heavy atom. The van der Waals surface area contributed by atoms with Crippen LogP contribution in [0, 0.1) is 23.3 Å². The standard InChI is InChI=1S/C14H4BrF9O3S/c15-5-1-7(16)11(8(17)2-5)13(20,21)27-6-3-9(18)12(10(19)4-6)28(25,26)14(22,23)24/h1-4H. The lowest BCUT2D eigenvalue weighted by Gasteiger charge is -2.20. The number of sulfone groups is 1. The molecule has 0 fully saturated rings. The first-order chi connectivity index (χ1) is 12.6. The van der Waals surface area contributed by atoms with E-state index in [4.69, 9.17) is 0 Å². The molecule has 0 heterocycles. The minimum absolute atomic E-state index is 0.263. The van der Waals surface area contributed by atoms with Gasteiger partial charge in [0, 0.05) is 16.6 Å². The molecule has 2 aromatic rings. The fourth-order valence-corrected chi connectivity index (χ4v) is 3.25. The van der Waals surface area contributed by atoms with Gasteiger partial charge < -0.3 is 4.74 Å². The minimum atomic E-state index is -6.49. The van der Waals surface area contributed by atoms with Gasteiger partial charge in [0.2, 0.25) is 0 Å². The largest absolute Gasteiger partial charge is 0.502 e. The summed E-state index contributed by atoms with van der Waals surface area (Å²) in [6.07, 6.45) is -4.86. The first-order valence-electron chi connectivity index (χ1n) is 6.60. The third-order valence-corrected chi connectivity index (χ3v) is 5.08. The smallest absolute Gasteiger partial charge is 0.429 e. The molecule has 14 heteroatoms. The second kappa shape index (κ2) is 7.13. The predicted octanol–water partition coefficient (Wildman–Crippen LogP) is 5.43. The lowest BCUT2D eigenvalue weighted by atomic mass is 10.2. The topological polar surface area (TPSA) is 43.4 Å². The molecular weight excluding hydrogens is 499 g/mol. The SMILES string of the molecule is O=S(=O)(c1c(F)cc(OC(F)(F)c2c(F)cc(Br)cc2F)cc1F)C(F)(F)F. The number of halogens is 10. The monoisotopic (exact) mass is 502 g/mol. The molecule has 3 nitrogen and oxygen atoms in total. The first kappa shape index (κ1) is 22.3. The zero-order valence-corrected chi connectivity index (χ0v) is 15.1. The zero-order chi connectivity index (χ0) is 21.7. The van der Waals surface area contributed by atoms with E-state index in [-0.39, 0.29) is 16.6 Å². The van der Waals surface area contributed by atoms with E-state index in [0.29, 0.717) is 12.1 Å². The van der Waals surface area contributed by atoms with E-state index in [1.165, 1.54) is 0 Å². The number of hydrogen-bond donors (Lipinski definition) is 0. The summed E-state index contributed by atoms with van der Waals surface area (Å²) in [6.45, 7) is 0. The van der Waals surface area contributed by atoms with Crippen LogP contribution in [0.15, 0.2) is 33.6 Å². The highest BCUT2D eigenvalue weighted by molar-refractivity contribution is 9.10. The average Bonchev–Trinajstić information content (AvgIpc) is 2.42. The van der Waals surface area contributed by atoms with Gasteiger partial charge in [-0.05, 0) is 12.1 Å². The van der Waals surface area contributed by atoms with Gasteiger partial charge >= 0.3 is 11.6 Å². The zero-order valence-electron chi connectivity index (χ0n) is 12.7. The Labute approximate surface area is 158 Å². The summed E-state index contributed by atoms with van der Waals surface area (Å²) in [5, 5.41) is 0. The van der Waals surface area contributed by atoms with E-state index in [9.17, 15) is 47.9 Å². The van der Waals surface area contributed by atoms with Gasteiger partial charge in [0.1, 0.15) is 39.5 Å². The summed E-state index contributed by atoms with van der Waals surface area (Å²) in [7, 11) is -6.49. The molecule has 0 aliphatic heterocycles. The maximum atomic E-state index is 14.0. The van der Waals surface area contributed by atoms with Crippen molar-refractivity contribution < 1.29 is 52.7 Å². The summed E-state index contributed by atoms with van der Waals surface area (Å²) in [5.41, 5.74) is -8.03. The number of ether oxygens (including phenoxy) is 1. The molecule has 0 aromatic heterocycles. The van der Waals surface area contributed by atoms with Crippen molar-refractivity contribution in [2.45, 2.75) is 16.5 Å². The molecule has 2 aromatic carbocycles. The highest BCUT2D eigenvalue weighted by Crippen LogP contribution is 2.39. The second-order valence-electron chi connectivity index (χ2n) is 5.03. The maximum absolute atomic E-state index is 14.0. The molecule has 0 saturated carbocycles. The van der Waals surface area contributed by atoms with E-state index in [1.54, 1.807) is 0 Å². The normalized spacial score (nSPS) is 12.9. The Hall–Kier alpha value is -1.96. The Bertz CT molecular complexity index is 989. The van der Waals surface area contributed by atoms with Crippen LogP contribution in [-0.2, 0) is 15.9 Å². The molecule has 0 aliphatic rings. The lowest BCUT2D eigenvalue weighted by Crippen LogP contribution is -2.27. The first-order valence-corrected chi connectivity index (χ1v) is 8.88. The molecule has 0 atom stereocenters. The number of alkyl halides is 5. The minimum Gasteiger partial charge on any atom is -0.429 e. The maximum Gasteiger partial charge on any atom is 0.502 e. The molecule has 0 amide bonds. The fraction of sp³-hybridized carbons (Fsp3) is 0.143. The molecule has 0 spiro atoms. The van der Waals surface area contributed by atoms with E-state index in [1.807, 2.05) is 0 Å². The van der Waals surface area contributed by atoms with Crippen LogP contribution in [0.5, 0.6) is 5.75 Å². The molecule has 0 aliphatic carbocycles. The van der Waals surface area contributed by atoms with Gasteiger partial charge in [-0.25, -0.2) is 26.0 Å². The van der Waals surface area contributed by atoms with Crippen LogP contribution in [0.3, 0.4) is 0 Å². The van der Waals surface area contributed by atoms with Gasteiger partial charge in [0.15, 0.2) is 0 Å². The van der Waals surface area contributed by atoms with Crippen molar-refractivity contribution in [1.29, 1.82) is 0 Å². The van der Waals surface area contributed by atoms with Crippen molar-refractivity contribution in [3.8, 4) is 5.75 Å². The molecule has 2 rings (SSSR count). The van der Waals surface area contributed by atoms with Crippen LogP contribution in [0.1, 0.15) is 5.56 Å². The Balaban J connectivity index is 2.52. The van der Waals surface area contributed by atoms with Crippen LogP contribution < -0.4 is 4.74 Å². The fourth-order valence-electron chi connectivity index (χ4n) is 1.99. The molecule has 0 unspecified atom stereocenters. The summed E-state index contributed by atoms with van der Waals surface area (Å²) in [6, 6.07) is 0.250. The van der Waals surface area contributed by atoms with Gasteiger partial charge in [-0.1, -0.05) is 15.9 Å². The lowest BCUT2D eigenvalue weighted by molar-refractivity contribution is -0.189. The Kier molecular flexibility index (Phi) is 5.69. The van der Waals surface area contributed by atoms with Crippen molar-refractivity contribution >= 4 is 25.8 Å². The average molecular weight is 503 g/mol. The highest BCUT2D eigenvalue weighted by Gasteiger charge is 2.50. The van der Waals surface area contributed by atoms with E-state index in [0.717, 1.165) is 0 Å².